The van der Waals surface area contributed by atoms with Gasteiger partial charge in [-0.2, -0.15) is 0 Å². The summed E-state index contributed by atoms with van der Waals surface area (Å²) in [5.74, 6) is 0. The molecule has 5 aromatic heterocycles. The first-order valence-electron chi connectivity index (χ1n) is 37.1. The maximum Gasteiger partial charge on any atom is 0.0970 e. The van der Waals surface area contributed by atoms with Gasteiger partial charge in [-0.15, -0.1) is 0 Å². The summed E-state index contributed by atoms with van der Waals surface area (Å²) in [6, 6.07) is 140. The molecule has 5 heteroatoms. The quantitative estimate of drug-likeness (QED) is 0.102. The second kappa shape index (κ2) is 32.4. The summed E-state index contributed by atoms with van der Waals surface area (Å²) in [6.45, 7) is 0. The third-order valence-corrected chi connectivity index (χ3v) is 20.2. The molecule has 19 aromatic rings. The highest BCUT2D eigenvalue weighted by molar-refractivity contribution is 6.16. The van der Waals surface area contributed by atoms with E-state index < -0.39 is 0 Å². The lowest BCUT2D eigenvalue weighted by molar-refractivity contribution is 1.33. The highest BCUT2D eigenvalue weighted by atomic mass is 14.7. The normalized spacial score (nSPS) is 10.9. The molecule has 110 heavy (non-hydrogen) atoms. The first-order valence-corrected chi connectivity index (χ1v) is 37.1. The molecular formula is C105H73N5. The van der Waals surface area contributed by atoms with Gasteiger partial charge in [0.2, 0.25) is 0 Å². The van der Waals surface area contributed by atoms with Crippen LogP contribution in [0.15, 0.2) is 444 Å². The van der Waals surface area contributed by atoms with Gasteiger partial charge in [-0.3, -0.25) is 24.9 Å². The number of fused-ring (bicyclic) bond motifs is 3. The Balaban J connectivity index is 0.000000124. The van der Waals surface area contributed by atoms with Crippen LogP contribution in [0.4, 0.5) is 0 Å². The molecule has 0 atom stereocenters. The molecule has 0 spiro atoms. The van der Waals surface area contributed by atoms with Crippen molar-refractivity contribution in [2.75, 3.05) is 0 Å². The van der Waals surface area contributed by atoms with Gasteiger partial charge in [0.25, 0.3) is 0 Å². The zero-order valence-corrected chi connectivity index (χ0v) is 60.4. The van der Waals surface area contributed by atoms with Crippen LogP contribution in [0.3, 0.4) is 0 Å². The number of benzene rings is 14. The standard InChI is InChI=1S/C42H30.C39H27N3.C24H16N2/c1-7-19-31(20-8-1)37-38(32-21-9-2-10-22-32)40(34-25-13-4-14-26-34)42(36-29-17-6-18-30-36)41(35-27-15-5-16-28-35)39(37)33-23-11-3-12-24-33;1-7-28(34-13-4-16-40-25-34)19-31(10-1)37-22-38(32-11-2-8-29(20-32)35-14-5-17-41-26-35)24-39(23-37)33-12-3-9-30(21-33)36-15-6-18-42-27-36;1-3-7-17(8-4-1)19-13-15-25-23-21(19)11-12-22-20(14-16-26-24(22)23)18-9-5-2-6-10-18/h1-30H;1-27H;1-16H. The molecule has 14 aromatic carbocycles. The van der Waals surface area contributed by atoms with Crippen LogP contribution < -0.4 is 0 Å². The van der Waals surface area contributed by atoms with Crippen LogP contribution >= 0.6 is 0 Å². The molecule has 0 aliphatic rings. The summed E-state index contributed by atoms with van der Waals surface area (Å²) in [5.41, 5.74) is 35.0. The van der Waals surface area contributed by atoms with Gasteiger partial charge in [0.15, 0.2) is 0 Å². The average Bonchev–Trinajstić information content (AvgIpc) is 0.711. The molecule has 5 heterocycles. The van der Waals surface area contributed by atoms with E-state index in [1.807, 2.05) is 79.9 Å². The van der Waals surface area contributed by atoms with Crippen molar-refractivity contribution in [1.82, 2.24) is 24.9 Å². The molecule has 0 amide bonds. The third-order valence-electron chi connectivity index (χ3n) is 20.2. The van der Waals surface area contributed by atoms with Crippen molar-refractivity contribution in [2.45, 2.75) is 0 Å². The molecule has 0 saturated heterocycles. The molecular weight excluding hydrogens is 1330 g/mol. The minimum absolute atomic E-state index is 0.946. The first kappa shape index (κ1) is 68.5. The van der Waals surface area contributed by atoms with Gasteiger partial charge in [0.1, 0.15) is 0 Å². The summed E-state index contributed by atoms with van der Waals surface area (Å²) in [5, 5.41) is 2.26. The fraction of sp³-hybridized carbons (Fsp3) is 0. The van der Waals surface area contributed by atoms with Gasteiger partial charge in [0, 0.05) is 77.0 Å². The van der Waals surface area contributed by atoms with Gasteiger partial charge < -0.3 is 0 Å². The molecule has 5 nitrogen and oxygen atoms in total. The maximum absolute atomic E-state index is 4.67. The molecule has 0 radical (unpaired) electrons. The highest BCUT2D eigenvalue weighted by Gasteiger charge is 2.29. The first-order chi connectivity index (χ1) is 54.6. The molecule has 19 rings (SSSR count). The molecule has 0 fully saturated rings. The Morgan fingerprint density at radius 2 is 0.336 bits per heavy atom. The Morgan fingerprint density at radius 1 is 0.136 bits per heavy atom. The average molecular weight is 1400 g/mol. The lowest BCUT2D eigenvalue weighted by Gasteiger charge is -2.28. The van der Waals surface area contributed by atoms with E-state index in [9.17, 15) is 0 Å². The van der Waals surface area contributed by atoms with E-state index in [0.29, 0.717) is 0 Å². The van der Waals surface area contributed by atoms with Crippen LogP contribution in [0.25, 0.3) is 178 Å². The fourth-order valence-corrected chi connectivity index (χ4v) is 15.0. The van der Waals surface area contributed by atoms with Gasteiger partial charge in [-0.25, -0.2) is 0 Å². The summed E-state index contributed by atoms with van der Waals surface area (Å²) in [6.07, 6.45) is 14.9. The Kier molecular flexibility index (Phi) is 20.2. The van der Waals surface area contributed by atoms with Crippen LogP contribution in [0.1, 0.15) is 0 Å². The molecule has 0 bridgehead atoms. The van der Waals surface area contributed by atoms with E-state index in [4.69, 9.17) is 0 Å². The number of nitrogens with zero attached hydrogens (tertiary/aromatic N) is 5. The van der Waals surface area contributed by atoms with E-state index in [0.717, 1.165) is 88.6 Å². The molecule has 518 valence electrons. The lowest BCUT2D eigenvalue weighted by Crippen LogP contribution is -2.02. The SMILES string of the molecule is c1ccc(-c2c(-c3ccccc3)c(-c3ccccc3)c(-c3ccccc3)c(-c3ccccc3)c2-c2ccccc2)cc1.c1ccc(-c2ccnc3c2ccc2c(-c4ccccc4)ccnc23)cc1.c1cncc(-c2cccc(-c3cc(-c4cccc(-c5cccnc5)c4)cc(-c4cccc(-c5cccnc5)c4)c3)c2)c1. The Labute approximate surface area is 642 Å². The van der Waals surface area contributed by atoms with E-state index >= 15 is 0 Å². The topological polar surface area (TPSA) is 64.5 Å². The van der Waals surface area contributed by atoms with Crippen molar-refractivity contribution < 1.29 is 0 Å². The van der Waals surface area contributed by atoms with E-state index in [1.54, 1.807) is 0 Å². The van der Waals surface area contributed by atoms with Gasteiger partial charge in [-0.05, 0) is 206 Å². The number of hydrogen-bond acceptors (Lipinski definition) is 5. The maximum atomic E-state index is 4.67. The third kappa shape index (κ3) is 14.7. The van der Waals surface area contributed by atoms with Crippen molar-refractivity contribution in [2.24, 2.45) is 0 Å². The zero-order chi connectivity index (χ0) is 73.6. The van der Waals surface area contributed by atoms with Gasteiger partial charge in [0.05, 0.1) is 11.0 Å². The zero-order valence-electron chi connectivity index (χ0n) is 60.4. The summed E-state index contributed by atoms with van der Waals surface area (Å²) in [4.78, 5) is 22.3. The molecule has 0 aliphatic carbocycles. The Bertz CT molecular complexity index is 5580. The minimum Gasteiger partial charge on any atom is -0.264 e. The van der Waals surface area contributed by atoms with Crippen molar-refractivity contribution in [1.29, 1.82) is 0 Å². The van der Waals surface area contributed by atoms with Crippen LogP contribution in [0.2, 0.25) is 0 Å². The van der Waals surface area contributed by atoms with Crippen LogP contribution in [0, 0.1) is 0 Å². The van der Waals surface area contributed by atoms with Crippen molar-refractivity contribution in [3.8, 4) is 156 Å². The van der Waals surface area contributed by atoms with Crippen LogP contribution in [-0.4, -0.2) is 24.9 Å². The highest BCUT2D eigenvalue weighted by Crippen LogP contribution is 2.56. The fourth-order valence-electron chi connectivity index (χ4n) is 15.0. The summed E-state index contributed by atoms with van der Waals surface area (Å²) >= 11 is 0. The second-order valence-corrected chi connectivity index (χ2v) is 27.0. The van der Waals surface area contributed by atoms with Gasteiger partial charge >= 0.3 is 0 Å². The number of rotatable bonds is 14. The smallest absolute Gasteiger partial charge is 0.0970 e. The molecule has 0 aliphatic heterocycles. The summed E-state index contributed by atoms with van der Waals surface area (Å²) in [7, 11) is 0. The number of hydrogen-bond donors (Lipinski definition) is 0. The van der Waals surface area contributed by atoms with Crippen LogP contribution in [-0.2, 0) is 0 Å². The van der Waals surface area contributed by atoms with Gasteiger partial charge in [-0.1, -0.05) is 328 Å². The Morgan fingerprint density at radius 3 is 0.564 bits per heavy atom. The Hall–Kier alpha value is -14.7. The molecule has 0 N–H and O–H groups in total. The predicted molar refractivity (Wildman–Crippen MR) is 459 cm³/mol. The minimum atomic E-state index is 0.946. The predicted octanol–water partition coefficient (Wildman–Crippen LogP) is 27.7. The summed E-state index contributed by atoms with van der Waals surface area (Å²) < 4.78 is 0. The van der Waals surface area contributed by atoms with Crippen molar-refractivity contribution >= 4 is 21.8 Å². The van der Waals surface area contributed by atoms with E-state index in [2.05, 4.69) is 389 Å². The largest absolute Gasteiger partial charge is 0.264 e. The monoisotopic (exact) mass is 1400 g/mol. The molecule has 0 unspecified atom stereocenters. The van der Waals surface area contributed by atoms with E-state index in [-0.39, 0.29) is 0 Å². The number of pyridine rings is 5. The van der Waals surface area contributed by atoms with Crippen molar-refractivity contribution in [3.05, 3.63) is 444 Å². The van der Waals surface area contributed by atoms with Crippen LogP contribution in [0.5, 0.6) is 0 Å². The lowest BCUT2D eigenvalue weighted by atomic mass is 9.74. The number of aromatic nitrogens is 5. The van der Waals surface area contributed by atoms with Crippen molar-refractivity contribution in [3.63, 3.8) is 0 Å². The van der Waals surface area contributed by atoms with E-state index in [1.165, 1.54) is 89.0 Å². The second-order valence-electron chi connectivity index (χ2n) is 27.0. The molecule has 0 saturated carbocycles.